The summed E-state index contributed by atoms with van der Waals surface area (Å²) in [5, 5.41) is 9.10. The molecule has 1 aliphatic carbocycles. The van der Waals surface area contributed by atoms with Gasteiger partial charge in [-0.25, -0.2) is 14.6 Å². The summed E-state index contributed by atoms with van der Waals surface area (Å²) >= 11 is 0. The summed E-state index contributed by atoms with van der Waals surface area (Å²) in [6, 6.07) is 4.84. The number of hydrogen-bond acceptors (Lipinski definition) is 4. The van der Waals surface area contributed by atoms with Gasteiger partial charge in [0.25, 0.3) is 0 Å². The zero-order valence-electron chi connectivity index (χ0n) is 11.3. The molecule has 1 fully saturated rings. The molecule has 0 unspecified atom stereocenters. The Balaban J connectivity index is 1.99. The Hall–Kier alpha value is -2.57. The number of carbonyl (C=O) groups excluding carboxylic acids is 1. The Bertz CT molecular complexity index is 718. The molecule has 0 atom stereocenters. The molecule has 2 aromatic rings. The lowest BCUT2D eigenvalue weighted by Gasteiger charge is -2.08. The van der Waals surface area contributed by atoms with Gasteiger partial charge in [0.05, 0.1) is 23.1 Å². The predicted octanol–water partition coefficient (Wildman–Crippen LogP) is 1.71. The van der Waals surface area contributed by atoms with Gasteiger partial charge in [-0.05, 0) is 31.0 Å². The fourth-order valence-electron chi connectivity index (χ4n) is 2.40. The van der Waals surface area contributed by atoms with E-state index in [1.54, 1.807) is 18.2 Å². The molecule has 1 saturated carbocycles. The van der Waals surface area contributed by atoms with Gasteiger partial charge in [0.2, 0.25) is 0 Å². The molecule has 3 N–H and O–H groups in total. The average molecular weight is 289 g/mol. The van der Waals surface area contributed by atoms with Gasteiger partial charge < -0.3 is 20.1 Å². The number of benzene rings is 1. The fourth-order valence-corrected chi connectivity index (χ4v) is 2.40. The summed E-state index contributed by atoms with van der Waals surface area (Å²) in [5.41, 5.74) is 6.66. The highest BCUT2D eigenvalue weighted by molar-refractivity contribution is 5.92. The number of rotatable bonds is 5. The molecular formula is C14H15N3O4. The van der Waals surface area contributed by atoms with Gasteiger partial charge in [0.15, 0.2) is 0 Å². The third-order valence-electron chi connectivity index (χ3n) is 3.53. The Morgan fingerprint density at radius 3 is 2.81 bits per heavy atom. The molecule has 21 heavy (non-hydrogen) atoms. The zero-order valence-corrected chi connectivity index (χ0v) is 11.3. The number of carboxylic acid groups (broad SMARTS) is 1. The number of nitrogens with two attached hydrogens (primary N) is 1. The molecule has 1 aromatic carbocycles. The molecule has 0 bridgehead atoms. The van der Waals surface area contributed by atoms with Gasteiger partial charge in [-0.3, -0.25) is 0 Å². The van der Waals surface area contributed by atoms with Crippen molar-refractivity contribution in [1.29, 1.82) is 0 Å². The molecule has 1 aromatic heterocycles. The first-order valence-electron chi connectivity index (χ1n) is 6.72. The normalized spacial score (nSPS) is 14.3. The first kappa shape index (κ1) is 13.4. The van der Waals surface area contributed by atoms with Crippen LogP contribution in [0.25, 0.3) is 11.0 Å². The molecule has 7 heteroatoms. The summed E-state index contributed by atoms with van der Waals surface area (Å²) in [6.45, 7) is 0.548. The van der Waals surface area contributed by atoms with Gasteiger partial charge in [-0.1, -0.05) is 0 Å². The van der Waals surface area contributed by atoms with E-state index in [4.69, 9.17) is 15.6 Å². The first-order valence-corrected chi connectivity index (χ1v) is 6.72. The first-order chi connectivity index (χ1) is 10.1. The Morgan fingerprint density at radius 2 is 2.19 bits per heavy atom. The number of carboxylic acids is 1. The van der Waals surface area contributed by atoms with Crippen molar-refractivity contribution in [3.63, 3.8) is 0 Å². The van der Waals surface area contributed by atoms with Crippen LogP contribution in [0.4, 0.5) is 4.79 Å². The van der Waals surface area contributed by atoms with Crippen LogP contribution in [0.3, 0.4) is 0 Å². The van der Waals surface area contributed by atoms with Crippen molar-refractivity contribution in [2.24, 2.45) is 5.73 Å². The number of ether oxygens (including phenoxy) is 1. The van der Waals surface area contributed by atoms with E-state index in [1.165, 1.54) is 0 Å². The van der Waals surface area contributed by atoms with Gasteiger partial charge in [0.1, 0.15) is 12.4 Å². The van der Waals surface area contributed by atoms with Gasteiger partial charge in [-0.15, -0.1) is 0 Å². The standard InChI is InChI=1S/C14H15N3O4/c15-14(20)21-6-5-17-11-7-9(13(18)19)3-4-10(11)16-12(17)8-1-2-8/h3-4,7-8H,1-2,5-6H2,(H2,15,20)(H,18,19). The molecule has 0 radical (unpaired) electrons. The lowest BCUT2D eigenvalue weighted by atomic mass is 10.2. The number of fused-ring (bicyclic) bond motifs is 1. The summed E-state index contributed by atoms with van der Waals surface area (Å²) in [4.78, 5) is 26.3. The van der Waals surface area contributed by atoms with Crippen LogP contribution in [-0.2, 0) is 11.3 Å². The number of imidazole rings is 1. The number of aromatic carboxylic acids is 1. The molecule has 7 nitrogen and oxygen atoms in total. The topological polar surface area (TPSA) is 107 Å². The number of amides is 1. The van der Waals surface area contributed by atoms with Crippen LogP contribution in [0.1, 0.15) is 34.9 Å². The second kappa shape index (κ2) is 5.08. The smallest absolute Gasteiger partial charge is 0.404 e. The van der Waals surface area contributed by atoms with E-state index in [2.05, 4.69) is 4.98 Å². The number of hydrogen-bond donors (Lipinski definition) is 2. The minimum absolute atomic E-state index is 0.137. The van der Waals surface area contributed by atoms with Crippen molar-refractivity contribution in [3.05, 3.63) is 29.6 Å². The Morgan fingerprint density at radius 1 is 1.43 bits per heavy atom. The van der Waals surface area contributed by atoms with Crippen LogP contribution in [0.5, 0.6) is 0 Å². The van der Waals surface area contributed by atoms with Crippen LogP contribution >= 0.6 is 0 Å². The third-order valence-corrected chi connectivity index (χ3v) is 3.53. The molecule has 0 aliphatic heterocycles. The van der Waals surface area contributed by atoms with Gasteiger partial charge in [-0.2, -0.15) is 0 Å². The molecule has 0 saturated heterocycles. The van der Waals surface area contributed by atoms with Gasteiger partial charge in [0, 0.05) is 5.92 Å². The van der Waals surface area contributed by atoms with Crippen LogP contribution in [0.2, 0.25) is 0 Å². The van der Waals surface area contributed by atoms with E-state index in [-0.39, 0.29) is 12.2 Å². The van der Waals surface area contributed by atoms with Crippen LogP contribution < -0.4 is 5.73 Å². The second-order valence-corrected chi connectivity index (χ2v) is 5.07. The Labute approximate surface area is 120 Å². The van der Waals surface area contributed by atoms with E-state index in [9.17, 15) is 9.59 Å². The zero-order chi connectivity index (χ0) is 15.0. The van der Waals surface area contributed by atoms with Crippen molar-refractivity contribution in [2.75, 3.05) is 6.61 Å². The number of aromatic nitrogens is 2. The number of primary amides is 1. The van der Waals surface area contributed by atoms with Crippen LogP contribution in [0.15, 0.2) is 18.2 Å². The fraction of sp³-hybridized carbons (Fsp3) is 0.357. The summed E-state index contributed by atoms with van der Waals surface area (Å²) in [7, 11) is 0. The van der Waals surface area contributed by atoms with Crippen molar-refractivity contribution in [3.8, 4) is 0 Å². The highest BCUT2D eigenvalue weighted by atomic mass is 16.5. The Kier molecular flexibility index (Phi) is 3.25. The van der Waals surface area contributed by atoms with E-state index < -0.39 is 12.1 Å². The van der Waals surface area contributed by atoms with Crippen molar-refractivity contribution in [1.82, 2.24) is 9.55 Å². The third kappa shape index (κ3) is 2.67. The maximum absolute atomic E-state index is 11.1. The molecular weight excluding hydrogens is 274 g/mol. The van der Waals surface area contributed by atoms with Crippen molar-refractivity contribution < 1.29 is 19.4 Å². The average Bonchev–Trinajstić information content (AvgIpc) is 3.21. The number of carbonyl (C=O) groups is 2. The molecule has 3 rings (SSSR count). The molecule has 0 spiro atoms. The monoisotopic (exact) mass is 289 g/mol. The van der Waals surface area contributed by atoms with Crippen molar-refractivity contribution in [2.45, 2.75) is 25.3 Å². The molecule has 110 valence electrons. The summed E-state index contributed by atoms with van der Waals surface area (Å²) < 4.78 is 6.69. The lowest BCUT2D eigenvalue weighted by molar-refractivity contribution is 0.0697. The summed E-state index contributed by atoms with van der Waals surface area (Å²) in [5.74, 6) is 0.339. The maximum atomic E-state index is 11.1. The second-order valence-electron chi connectivity index (χ2n) is 5.07. The van der Waals surface area contributed by atoms with Gasteiger partial charge >= 0.3 is 12.1 Å². The molecule has 1 amide bonds. The number of nitrogens with zero attached hydrogens (tertiary/aromatic N) is 2. The maximum Gasteiger partial charge on any atom is 0.404 e. The highest BCUT2D eigenvalue weighted by Crippen LogP contribution is 2.40. The quantitative estimate of drug-likeness (QED) is 0.871. The highest BCUT2D eigenvalue weighted by Gasteiger charge is 2.29. The van der Waals surface area contributed by atoms with Crippen LogP contribution in [-0.4, -0.2) is 33.3 Å². The van der Waals surface area contributed by atoms with E-state index >= 15 is 0 Å². The van der Waals surface area contributed by atoms with E-state index in [0.717, 1.165) is 29.7 Å². The van der Waals surface area contributed by atoms with Crippen molar-refractivity contribution >= 4 is 23.1 Å². The van der Waals surface area contributed by atoms with E-state index in [0.29, 0.717) is 12.5 Å². The van der Waals surface area contributed by atoms with Crippen LogP contribution in [0, 0.1) is 0 Å². The van der Waals surface area contributed by atoms with E-state index in [1.807, 2.05) is 4.57 Å². The minimum atomic E-state index is -0.981. The largest absolute Gasteiger partial charge is 0.478 e. The lowest BCUT2D eigenvalue weighted by Crippen LogP contribution is -2.17. The predicted molar refractivity (Wildman–Crippen MR) is 74.2 cm³/mol. The molecule has 1 heterocycles. The molecule has 1 aliphatic rings. The SMILES string of the molecule is NC(=O)OCCn1c(C2CC2)nc2ccc(C(=O)O)cc21. The summed E-state index contributed by atoms with van der Waals surface area (Å²) in [6.07, 6.45) is 1.33. The minimum Gasteiger partial charge on any atom is -0.478 e.